The molecule has 1 amide bonds. The molecule has 0 spiro atoms. The lowest BCUT2D eigenvalue weighted by Gasteiger charge is -2.11. The van der Waals surface area contributed by atoms with Crippen LogP contribution in [0, 0.1) is 0 Å². The fourth-order valence-electron chi connectivity index (χ4n) is 2.78. The fraction of sp³-hybridized carbons (Fsp3) is 0.118. The largest absolute Gasteiger partial charge is 0.326 e. The van der Waals surface area contributed by atoms with Gasteiger partial charge in [-0.1, -0.05) is 30.3 Å². The van der Waals surface area contributed by atoms with Crippen LogP contribution in [-0.2, 0) is 11.2 Å². The van der Waals surface area contributed by atoms with Gasteiger partial charge in [-0.05, 0) is 39.6 Å². The van der Waals surface area contributed by atoms with Crippen molar-refractivity contribution < 1.29 is 4.79 Å². The fourth-order valence-corrected chi connectivity index (χ4v) is 4.16. The van der Waals surface area contributed by atoms with Crippen LogP contribution in [0.3, 0.4) is 0 Å². The van der Waals surface area contributed by atoms with Gasteiger partial charge in [-0.2, -0.15) is 0 Å². The normalized spacial score (nSPS) is 15.0. The highest BCUT2D eigenvalue weighted by Crippen LogP contribution is 2.38. The van der Waals surface area contributed by atoms with Crippen LogP contribution in [-0.4, -0.2) is 5.91 Å². The van der Waals surface area contributed by atoms with Crippen molar-refractivity contribution in [3.63, 3.8) is 0 Å². The molecule has 2 aromatic carbocycles. The lowest BCUT2D eigenvalue weighted by Crippen LogP contribution is -2.03. The van der Waals surface area contributed by atoms with Crippen LogP contribution in [0.1, 0.15) is 22.1 Å². The van der Waals surface area contributed by atoms with E-state index in [1.807, 2.05) is 30.3 Å². The third kappa shape index (κ3) is 2.13. The highest BCUT2D eigenvalue weighted by atomic mass is 35.5. The highest BCUT2D eigenvalue weighted by Gasteiger charge is 2.21. The van der Waals surface area contributed by atoms with Gasteiger partial charge in [0.05, 0.1) is 11.8 Å². The molecule has 21 heavy (non-hydrogen) atoms. The Labute approximate surface area is 131 Å². The number of amides is 1. The maximum Gasteiger partial charge on any atom is 0.228 e. The molecule has 4 heteroatoms. The number of nitrogens with one attached hydrogen (secondary N) is 1. The zero-order valence-electron chi connectivity index (χ0n) is 11.1. The molecule has 2 nitrogen and oxygen atoms in total. The van der Waals surface area contributed by atoms with Crippen LogP contribution in [0.2, 0.25) is 0 Å². The summed E-state index contributed by atoms with van der Waals surface area (Å²) in [5.74, 6) is 0.0502. The Hall–Kier alpha value is -1.84. The van der Waals surface area contributed by atoms with E-state index in [0.29, 0.717) is 6.42 Å². The van der Waals surface area contributed by atoms with Gasteiger partial charge in [0, 0.05) is 10.4 Å². The summed E-state index contributed by atoms with van der Waals surface area (Å²) in [5.41, 5.74) is 4.11. The molecule has 1 N–H and O–H groups in total. The molecule has 1 atom stereocenters. The van der Waals surface area contributed by atoms with E-state index in [2.05, 4.69) is 22.8 Å². The topological polar surface area (TPSA) is 29.1 Å². The summed E-state index contributed by atoms with van der Waals surface area (Å²) in [6.45, 7) is 0. The number of hydrogen-bond acceptors (Lipinski definition) is 2. The van der Waals surface area contributed by atoms with Gasteiger partial charge < -0.3 is 5.32 Å². The first-order chi connectivity index (χ1) is 10.2. The summed E-state index contributed by atoms with van der Waals surface area (Å²) < 4.78 is 1.25. The molecule has 1 unspecified atom stereocenters. The number of benzene rings is 2. The molecule has 1 aliphatic rings. The van der Waals surface area contributed by atoms with E-state index in [1.165, 1.54) is 10.1 Å². The second-order valence-electron chi connectivity index (χ2n) is 5.19. The van der Waals surface area contributed by atoms with Crippen LogP contribution < -0.4 is 5.32 Å². The van der Waals surface area contributed by atoms with E-state index in [0.717, 1.165) is 22.4 Å². The first-order valence-corrected chi connectivity index (χ1v) is 8.07. The molecule has 1 aromatic heterocycles. The van der Waals surface area contributed by atoms with E-state index in [-0.39, 0.29) is 11.3 Å². The van der Waals surface area contributed by atoms with Crippen molar-refractivity contribution in [2.75, 3.05) is 5.32 Å². The molecule has 0 bridgehead atoms. The first kappa shape index (κ1) is 12.9. The Morgan fingerprint density at radius 1 is 1.19 bits per heavy atom. The third-order valence-electron chi connectivity index (χ3n) is 3.83. The van der Waals surface area contributed by atoms with E-state index < -0.39 is 0 Å². The molecule has 104 valence electrons. The van der Waals surface area contributed by atoms with Crippen LogP contribution in [0.15, 0.2) is 47.8 Å². The average molecular weight is 314 g/mol. The average Bonchev–Trinajstić information content (AvgIpc) is 3.07. The number of halogens is 1. The highest BCUT2D eigenvalue weighted by molar-refractivity contribution is 7.17. The summed E-state index contributed by atoms with van der Waals surface area (Å²) in [4.78, 5) is 11.4. The number of anilines is 1. The number of hydrogen-bond donors (Lipinski definition) is 1. The van der Waals surface area contributed by atoms with Gasteiger partial charge in [0.15, 0.2) is 0 Å². The lowest BCUT2D eigenvalue weighted by molar-refractivity contribution is -0.115. The Morgan fingerprint density at radius 2 is 2.05 bits per heavy atom. The summed E-state index contributed by atoms with van der Waals surface area (Å²) in [6, 6.07) is 14.3. The zero-order valence-corrected chi connectivity index (χ0v) is 12.7. The number of carbonyl (C=O) groups is 1. The molecule has 0 aliphatic carbocycles. The molecule has 2 heterocycles. The number of alkyl halides is 1. The van der Waals surface area contributed by atoms with Crippen molar-refractivity contribution in [3.8, 4) is 0 Å². The minimum absolute atomic E-state index is 0.0502. The molecule has 4 rings (SSSR count). The van der Waals surface area contributed by atoms with Gasteiger partial charge in [-0.3, -0.25) is 4.79 Å². The minimum Gasteiger partial charge on any atom is -0.326 e. The maximum atomic E-state index is 11.4. The second-order valence-corrected chi connectivity index (χ2v) is 6.54. The van der Waals surface area contributed by atoms with E-state index in [1.54, 1.807) is 11.3 Å². The minimum atomic E-state index is -0.192. The number of fused-ring (bicyclic) bond motifs is 2. The van der Waals surface area contributed by atoms with Crippen molar-refractivity contribution in [2.45, 2.75) is 11.8 Å². The molecule has 0 saturated carbocycles. The molecule has 0 fully saturated rings. The predicted molar refractivity (Wildman–Crippen MR) is 88.3 cm³/mol. The lowest BCUT2D eigenvalue weighted by atomic mass is 10.0. The van der Waals surface area contributed by atoms with E-state index >= 15 is 0 Å². The quantitative estimate of drug-likeness (QED) is 0.681. The summed E-state index contributed by atoms with van der Waals surface area (Å²) >= 11 is 8.40. The second kappa shape index (κ2) is 4.86. The Bertz CT molecular complexity index is 855. The summed E-state index contributed by atoms with van der Waals surface area (Å²) in [6.07, 6.45) is 0.442. The van der Waals surface area contributed by atoms with Crippen molar-refractivity contribution in [2.24, 2.45) is 0 Å². The van der Waals surface area contributed by atoms with Crippen LogP contribution in [0.4, 0.5) is 5.69 Å². The number of thiophene rings is 1. The van der Waals surface area contributed by atoms with E-state index in [9.17, 15) is 4.79 Å². The molecule has 0 saturated heterocycles. The Morgan fingerprint density at radius 3 is 2.95 bits per heavy atom. The van der Waals surface area contributed by atoms with Gasteiger partial charge in [0.2, 0.25) is 5.91 Å². The van der Waals surface area contributed by atoms with Crippen molar-refractivity contribution in [1.29, 1.82) is 0 Å². The smallest absolute Gasteiger partial charge is 0.228 e. The van der Waals surface area contributed by atoms with Gasteiger partial charge in [-0.25, -0.2) is 0 Å². The standard InChI is InChI=1S/C17H12ClNOS/c18-17(13-9-21-15-4-2-1-3-12(13)15)10-5-6-14-11(7-10)8-16(20)19-14/h1-7,9,17H,8H2,(H,19,20). The van der Waals surface area contributed by atoms with Gasteiger partial charge in [0.25, 0.3) is 0 Å². The van der Waals surface area contributed by atoms with Gasteiger partial charge in [-0.15, -0.1) is 22.9 Å². The van der Waals surface area contributed by atoms with Crippen LogP contribution >= 0.6 is 22.9 Å². The molecular formula is C17H12ClNOS. The van der Waals surface area contributed by atoms with Gasteiger partial charge >= 0.3 is 0 Å². The molecule has 1 aliphatic heterocycles. The molecule has 3 aromatic rings. The Kier molecular flexibility index (Phi) is 2.98. The maximum absolute atomic E-state index is 11.4. The van der Waals surface area contributed by atoms with Crippen molar-refractivity contribution >= 4 is 44.6 Å². The zero-order chi connectivity index (χ0) is 14.4. The molecule has 0 radical (unpaired) electrons. The van der Waals surface area contributed by atoms with E-state index in [4.69, 9.17) is 11.6 Å². The van der Waals surface area contributed by atoms with Crippen molar-refractivity contribution in [3.05, 3.63) is 64.5 Å². The third-order valence-corrected chi connectivity index (χ3v) is 5.30. The summed E-state index contributed by atoms with van der Waals surface area (Å²) in [7, 11) is 0. The monoisotopic (exact) mass is 313 g/mol. The van der Waals surface area contributed by atoms with Crippen LogP contribution in [0.25, 0.3) is 10.1 Å². The van der Waals surface area contributed by atoms with Crippen molar-refractivity contribution in [1.82, 2.24) is 0 Å². The van der Waals surface area contributed by atoms with Crippen LogP contribution in [0.5, 0.6) is 0 Å². The number of carbonyl (C=O) groups excluding carboxylic acids is 1. The number of rotatable bonds is 2. The first-order valence-electron chi connectivity index (χ1n) is 6.75. The van der Waals surface area contributed by atoms with Gasteiger partial charge in [0.1, 0.15) is 0 Å². The SMILES string of the molecule is O=C1Cc2cc(C(Cl)c3csc4ccccc34)ccc2N1. The molecular weight excluding hydrogens is 302 g/mol. The predicted octanol–water partition coefficient (Wildman–Crippen LogP) is 4.72. The summed E-state index contributed by atoms with van der Waals surface area (Å²) in [5, 5.41) is 5.99. The Balaban J connectivity index is 1.77.